The molecule has 0 aliphatic carbocycles. The number of carbonyl (C=O) groups excluding carboxylic acids is 1. The molecule has 0 aliphatic rings. The number of carbonyl (C=O) groups is 1. The molecule has 8 heteroatoms. The van der Waals surface area contributed by atoms with Gasteiger partial charge in [-0.1, -0.05) is 218 Å². The van der Waals surface area contributed by atoms with E-state index in [2.05, 4.69) is 204 Å². The number of fused-ring (bicyclic) bond motifs is 1. The zero-order valence-corrected chi connectivity index (χ0v) is 34.4. The molecular weight excluding hydrogens is 777 g/mol. The van der Waals surface area contributed by atoms with Crippen LogP contribution in [0.5, 0.6) is 5.88 Å². The largest absolute Gasteiger partial charge is 0.0622 e. The third kappa shape index (κ3) is 11.6. The zero-order chi connectivity index (χ0) is 41.8. The zero-order valence-electron chi connectivity index (χ0n) is 32.6. The number of amides is 1. The van der Waals surface area contributed by atoms with Gasteiger partial charge in [-0.25, -0.2) is 0 Å². The number of aromatic amines is 1. The van der Waals surface area contributed by atoms with Crippen molar-refractivity contribution in [3.8, 4) is 5.88 Å². The number of benzene rings is 8. The fourth-order valence-corrected chi connectivity index (χ4v) is 10.9. The number of hydrogen-bond donors (Lipinski definition) is 2. The quantitative estimate of drug-likeness (QED) is 0.0691. The summed E-state index contributed by atoms with van der Waals surface area (Å²) in [5, 5.41) is 26.4. The van der Waals surface area contributed by atoms with Gasteiger partial charge in [-0.2, -0.15) is 0 Å². The van der Waals surface area contributed by atoms with Crippen LogP contribution in [-0.4, -0.2) is 16.0 Å². The van der Waals surface area contributed by atoms with Crippen LogP contribution >= 0.6 is 15.8 Å². The van der Waals surface area contributed by atoms with Crippen molar-refractivity contribution in [1.29, 1.82) is 0 Å². The molecule has 0 bridgehead atoms. The topological polar surface area (TPSA) is 97.7 Å². The van der Waals surface area contributed by atoms with Gasteiger partial charge in [0.1, 0.15) is 0 Å². The third-order valence-corrected chi connectivity index (χ3v) is 13.9. The molecule has 0 radical (unpaired) electrons. The fourth-order valence-electron chi connectivity index (χ4n) is 6.30. The van der Waals surface area contributed by atoms with Crippen molar-refractivity contribution in [3.05, 3.63) is 249 Å². The molecule has 8 aromatic carbocycles. The van der Waals surface area contributed by atoms with E-state index in [-0.39, 0.29) is 11.6 Å². The average molecular weight is 818 g/mol. The van der Waals surface area contributed by atoms with Crippen LogP contribution in [0.2, 0.25) is 0 Å². The summed E-state index contributed by atoms with van der Waals surface area (Å²) in [6.07, 6.45) is 0. The van der Waals surface area contributed by atoms with Crippen LogP contribution in [0.15, 0.2) is 247 Å². The van der Waals surface area contributed by atoms with Gasteiger partial charge < -0.3 is 10.1 Å². The first-order valence-corrected chi connectivity index (χ1v) is 21.8. The standard InChI is InChI=1S/2C18H15P.C15H11N3O2.CO/c2*1-4-10-16(11-5-1)19(17-12-6-2-7-13-17)18-14-8-3-9-15-18;19-14(10-6-2-1-3-7-10)18-17-13-11-8-4-5-9-12(11)16-15(13)20;1-2/h2*1-15H;1-9,16,20H;. The molecule has 0 saturated heterocycles. The number of rotatable bonds is 8. The minimum absolute atomic E-state index is 0.101. The molecule has 0 unspecified atom stereocenters. The first-order chi connectivity index (χ1) is 29.7. The summed E-state index contributed by atoms with van der Waals surface area (Å²) in [6.45, 7) is 4.50. The Labute approximate surface area is 353 Å². The Morgan fingerprint density at radius 3 is 1.05 bits per heavy atom. The van der Waals surface area contributed by atoms with Gasteiger partial charge in [0.15, 0.2) is 5.69 Å². The van der Waals surface area contributed by atoms with E-state index in [1.54, 1.807) is 30.3 Å². The molecule has 1 heterocycles. The summed E-state index contributed by atoms with van der Waals surface area (Å²) in [6, 6.07) is 80.6. The van der Waals surface area contributed by atoms with Crippen LogP contribution in [0.25, 0.3) is 10.9 Å². The molecular formula is C52H41N3O3P2. The van der Waals surface area contributed by atoms with Crippen molar-refractivity contribution >= 4 is 70.2 Å². The molecule has 9 rings (SSSR count). The third-order valence-electron chi connectivity index (χ3n) is 9.01. The van der Waals surface area contributed by atoms with Crippen LogP contribution in [-0.2, 0) is 4.65 Å². The molecule has 0 fully saturated rings. The van der Waals surface area contributed by atoms with Gasteiger partial charge in [0.25, 0.3) is 5.91 Å². The second-order valence-corrected chi connectivity index (χ2v) is 17.4. The number of nitrogens with one attached hydrogen (secondary N) is 1. The van der Waals surface area contributed by atoms with Gasteiger partial charge in [-0.15, -0.1) is 10.2 Å². The minimum Gasteiger partial charge on any atom is -0.0622 e. The van der Waals surface area contributed by atoms with Crippen LogP contribution in [0.4, 0.5) is 5.69 Å². The molecule has 0 aliphatic heterocycles. The summed E-state index contributed by atoms with van der Waals surface area (Å²) in [7, 11) is -0.892. The molecule has 60 heavy (non-hydrogen) atoms. The second-order valence-electron chi connectivity index (χ2n) is 12.9. The maximum atomic E-state index is 11.8. The summed E-state index contributed by atoms with van der Waals surface area (Å²) in [5.41, 5.74) is 1.46. The van der Waals surface area contributed by atoms with Gasteiger partial charge in [0.2, 0.25) is 5.88 Å². The summed E-state index contributed by atoms with van der Waals surface area (Å²) in [4.78, 5) is 14.6. The number of aromatic hydroxyl groups is 1. The smallest absolute Gasteiger partial charge is 0.0134 e. The van der Waals surface area contributed by atoms with E-state index in [9.17, 15) is 9.90 Å². The molecule has 292 valence electrons. The van der Waals surface area contributed by atoms with Gasteiger partial charge >= 0.3 is 11.3 Å². The van der Waals surface area contributed by atoms with Crippen molar-refractivity contribution < 1.29 is 14.6 Å². The van der Waals surface area contributed by atoms with Crippen molar-refractivity contribution in [2.45, 2.75) is 0 Å². The normalized spacial score (nSPS) is 10.5. The van der Waals surface area contributed by atoms with E-state index >= 15 is 0 Å². The van der Waals surface area contributed by atoms with Crippen LogP contribution in [0, 0.1) is 6.65 Å². The summed E-state index contributed by atoms with van der Waals surface area (Å²) >= 11 is 0. The fraction of sp³-hybridized carbons (Fsp3) is 0. The predicted octanol–water partition coefficient (Wildman–Crippen LogP) is 10.6. The van der Waals surface area contributed by atoms with Gasteiger partial charge in [0, 0.05) is 10.9 Å². The molecule has 0 atom stereocenters. The van der Waals surface area contributed by atoms with E-state index in [4.69, 9.17) is 4.65 Å². The summed E-state index contributed by atoms with van der Waals surface area (Å²) < 4.78 is 7.50. The minimum atomic E-state index is -0.449. The van der Waals surface area contributed by atoms with Crippen LogP contribution in [0.3, 0.4) is 0 Å². The van der Waals surface area contributed by atoms with E-state index in [0.29, 0.717) is 5.56 Å². The molecule has 0 spiro atoms. The molecule has 9 aromatic rings. The van der Waals surface area contributed by atoms with Crippen molar-refractivity contribution in [3.63, 3.8) is 0 Å². The number of aromatic nitrogens is 1. The molecule has 1 amide bonds. The van der Waals surface area contributed by atoms with E-state index in [1.807, 2.05) is 24.3 Å². The first kappa shape index (κ1) is 42.6. The van der Waals surface area contributed by atoms with Gasteiger partial charge in [-0.05, 0) is 65.9 Å². The van der Waals surface area contributed by atoms with E-state index in [1.165, 1.54) is 31.8 Å². The Morgan fingerprint density at radius 1 is 0.433 bits per heavy atom. The Kier molecular flexibility index (Phi) is 16.2. The Hall–Kier alpha value is -7.03. The Balaban J connectivity index is 0.000000148. The number of H-pyrrole nitrogens is 1. The molecule has 6 nitrogen and oxygen atoms in total. The van der Waals surface area contributed by atoms with Crippen molar-refractivity contribution in [1.82, 2.24) is 4.98 Å². The maximum absolute atomic E-state index is 11.8. The summed E-state index contributed by atoms with van der Waals surface area (Å²) in [5.74, 6) is -0.550. The maximum Gasteiger partial charge on any atom is -0.0134 e. The van der Waals surface area contributed by atoms with Crippen molar-refractivity contribution in [2.75, 3.05) is 0 Å². The molecule has 0 saturated carbocycles. The van der Waals surface area contributed by atoms with E-state index < -0.39 is 21.8 Å². The number of nitrogens with zero attached hydrogens (tertiary/aromatic N) is 2. The predicted molar refractivity (Wildman–Crippen MR) is 249 cm³/mol. The number of para-hydroxylation sites is 1. The van der Waals surface area contributed by atoms with Gasteiger partial charge in [-0.3, -0.25) is 4.79 Å². The monoisotopic (exact) mass is 817 g/mol. The second kappa shape index (κ2) is 22.8. The Bertz CT molecular complexity index is 2380. The average Bonchev–Trinajstić information content (AvgIpc) is 3.66. The molecule has 2 N–H and O–H groups in total. The SMILES string of the molecule is O=C(N=Nc1c(O)[nH]c2ccccc12)c1ccccc1.[C-]#[O+].c1ccc(P(c2ccccc2)c2ccccc2)cc1.c1ccc(P(c2ccccc2)c2ccccc2)cc1. The van der Waals surface area contributed by atoms with Gasteiger partial charge in [0.05, 0.1) is 5.52 Å². The molecule has 1 aromatic heterocycles. The van der Waals surface area contributed by atoms with E-state index in [0.717, 1.165) is 10.9 Å². The van der Waals surface area contributed by atoms with Crippen LogP contribution < -0.4 is 31.8 Å². The van der Waals surface area contributed by atoms with Crippen LogP contribution in [0.1, 0.15) is 10.4 Å². The Morgan fingerprint density at radius 2 is 0.717 bits per heavy atom. The first-order valence-electron chi connectivity index (χ1n) is 19.1. The van der Waals surface area contributed by atoms with Crippen molar-refractivity contribution in [2.24, 2.45) is 10.2 Å². The number of azo groups is 1. The number of hydrogen-bond acceptors (Lipinski definition) is 3.